The van der Waals surface area contributed by atoms with Crippen LogP contribution in [0.5, 0.6) is 5.75 Å². The second kappa shape index (κ2) is 5.01. The molecule has 0 aromatic heterocycles. The number of carbonyl (C=O) groups is 1. The smallest absolute Gasteiger partial charge is 0.181 e. The Morgan fingerprint density at radius 2 is 2.21 bits per heavy atom. The summed E-state index contributed by atoms with van der Waals surface area (Å²) in [6, 6.07) is 5.59. The molecule has 0 unspecified atom stereocenters. The Kier molecular flexibility index (Phi) is 3.96. The molecule has 1 rings (SSSR count). The first-order chi connectivity index (χ1) is 6.72. The summed E-state index contributed by atoms with van der Waals surface area (Å²) >= 11 is 5.51. The fraction of sp³-hybridized carbons (Fsp3) is 0.364. The topological polar surface area (TPSA) is 26.3 Å². The SMILES string of the molecule is CCc1ccc(OC)c(C(=O)CCl)c1. The molecule has 0 aliphatic carbocycles. The lowest BCUT2D eigenvalue weighted by Gasteiger charge is -2.07. The summed E-state index contributed by atoms with van der Waals surface area (Å²) in [6.45, 7) is 2.04. The molecule has 0 heterocycles. The Bertz CT molecular complexity index is 334. The van der Waals surface area contributed by atoms with Gasteiger partial charge in [0.1, 0.15) is 5.75 Å². The third-order valence-electron chi connectivity index (χ3n) is 2.09. The summed E-state index contributed by atoms with van der Waals surface area (Å²) in [7, 11) is 1.55. The molecule has 3 heteroatoms. The van der Waals surface area contributed by atoms with Crippen LogP contribution in [-0.2, 0) is 6.42 Å². The van der Waals surface area contributed by atoms with E-state index >= 15 is 0 Å². The molecule has 14 heavy (non-hydrogen) atoms. The van der Waals surface area contributed by atoms with Gasteiger partial charge in [-0.15, -0.1) is 11.6 Å². The van der Waals surface area contributed by atoms with Crippen LogP contribution in [0.3, 0.4) is 0 Å². The Morgan fingerprint density at radius 3 is 2.71 bits per heavy atom. The van der Waals surface area contributed by atoms with E-state index in [4.69, 9.17) is 16.3 Å². The van der Waals surface area contributed by atoms with Crippen LogP contribution in [0.4, 0.5) is 0 Å². The van der Waals surface area contributed by atoms with E-state index in [1.54, 1.807) is 13.2 Å². The predicted octanol–water partition coefficient (Wildman–Crippen LogP) is 2.68. The van der Waals surface area contributed by atoms with Crippen molar-refractivity contribution in [1.29, 1.82) is 0 Å². The Morgan fingerprint density at radius 1 is 1.50 bits per heavy atom. The zero-order valence-electron chi connectivity index (χ0n) is 8.34. The largest absolute Gasteiger partial charge is 0.496 e. The molecule has 0 amide bonds. The first kappa shape index (κ1) is 11.1. The molecule has 0 radical (unpaired) electrons. The second-order valence-electron chi connectivity index (χ2n) is 2.94. The van der Waals surface area contributed by atoms with E-state index < -0.39 is 0 Å². The monoisotopic (exact) mass is 212 g/mol. The van der Waals surface area contributed by atoms with Crippen molar-refractivity contribution in [3.63, 3.8) is 0 Å². The van der Waals surface area contributed by atoms with Crippen LogP contribution in [-0.4, -0.2) is 18.8 Å². The Balaban J connectivity index is 3.14. The number of ether oxygens (including phenoxy) is 1. The highest BCUT2D eigenvalue weighted by atomic mass is 35.5. The van der Waals surface area contributed by atoms with Gasteiger partial charge in [0.2, 0.25) is 0 Å². The van der Waals surface area contributed by atoms with Crippen LogP contribution >= 0.6 is 11.6 Å². The number of Topliss-reactive ketones (excluding diaryl/α,β-unsaturated/α-hetero) is 1. The average Bonchev–Trinajstić information content (AvgIpc) is 2.27. The number of hydrogen-bond donors (Lipinski definition) is 0. The lowest BCUT2D eigenvalue weighted by Crippen LogP contribution is -2.04. The van der Waals surface area contributed by atoms with Crippen molar-refractivity contribution in [3.8, 4) is 5.75 Å². The summed E-state index contributed by atoms with van der Waals surface area (Å²) in [4.78, 5) is 11.4. The van der Waals surface area contributed by atoms with E-state index in [1.807, 2.05) is 19.1 Å². The molecule has 0 bridgehead atoms. The van der Waals surface area contributed by atoms with Crippen LogP contribution in [0.2, 0.25) is 0 Å². The standard InChI is InChI=1S/C11H13ClO2/c1-3-8-4-5-11(14-2)9(6-8)10(13)7-12/h4-6H,3,7H2,1-2H3. The van der Waals surface area contributed by atoms with E-state index in [2.05, 4.69) is 0 Å². The molecule has 76 valence electrons. The van der Waals surface area contributed by atoms with Gasteiger partial charge in [-0.05, 0) is 24.1 Å². The highest BCUT2D eigenvalue weighted by Crippen LogP contribution is 2.21. The predicted molar refractivity (Wildman–Crippen MR) is 57.4 cm³/mol. The molecular weight excluding hydrogens is 200 g/mol. The lowest BCUT2D eigenvalue weighted by atomic mass is 10.1. The van der Waals surface area contributed by atoms with E-state index in [9.17, 15) is 4.79 Å². The molecule has 1 aromatic rings. The maximum absolute atomic E-state index is 11.4. The maximum Gasteiger partial charge on any atom is 0.181 e. The fourth-order valence-corrected chi connectivity index (χ4v) is 1.41. The van der Waals surface area contributed by atoms with E-state index in [0.29, 0.717) is 11.3 Å². The molecule has 0 N–H and O–H groups in total. The quantitative estimate of drug-likeness (QED) is 0.567. The van der Waals surface area contributed by atoms with Gasteiger partial charge in [0.15, 0.2) is 5.78 Å². The summed E-state index contributed by atoms with van der Waals surface area (Å²) < 4.78 is 5.09. The zero-order valence-corrected chi connectivity index (χ0v) is 9.10. The summed E-state index contributed by atoms with van der Waals surface area (Å²) in [6.07, 6.45) is 0.895. The lowest BCUT2D eigenvalue weighted by molar-refractivity contribution is 0.101. The minimum absolute atomic E-state index is 0.0104. The van der Waals surface area contributed by atoms with E-state index in [1.165, 1.54) is 0 Å². The first-order valence-electron chi connectivity index (χ1n) is 4.49. The van der Waals surface area contributed by atoms with Gasteiger partial charge in [-0.1, -0.05) is 13.0 Å². The molecular formula is C11H13ClO2. The minimum atomic E-state index is -0.0983. The zero-order chi connectivity index (χ0) is 10.6. The number of ketones is 1. The minimum Gasteiger partial charge on any atom is -0.496 e. The molecule has 0 fully saturated rings. The van der Waals surface area contributed by atoms with Crippen molar-refractivity contribution in [1.82, 2.24) is 0 Å². The third-order valence-corrected chi connectivity index (χ3v) is 2.34. The molecule has 0 spiro atoms. The van der Waals surface area contributed by atoms with Crippen molar-refractivity contribution < 1.29 is 9.53 Å². The van der Waals surface area contributed by atoms with Crippen LogP contribution < -0.4 is 4.74 Å². The molecule has 0 aliphatic heterocycles. The van der Waals surface area contributed by atoms with Gasteiger partial charge in [0.25, 0.3) is 0 Å². The number of carbonyl (C=O) groups excluding carboxylic acids is 1. The van der Waals surface area contributed by atoms with Gasteiger partial charge in [-0.25, -0.2) is 0 Å². The van der Waals surface area contributed by atoms with Crippen molar-refractivity contribution in [2.45, 2.75) is 13.3 Å². The molecule has 1 aromatic carbocycles. The van der Waals surface area contributed by atoms with E-state index in [-0.39, 0.29) is 11.7 Å². The van der Waals surface area contributed by atoms with Gasteiger partial charge >= 0.3 is 0 Å². The number of hydrogen-bond acceptors (Lipinski definition) is 2. The Labute approximate surface area is 88.8 Å². The highest BCUT2D eigenvalue weighted by Gasteiger charge is 2.11. The average molecular weight is 213 g/mol. The van der Waals surface area contributed by atoms with Gasteiger partial charge in [-0.3, -0.25) is 4.79 Å². The maximum atomic E-state index is 11.4. The van der Waals surface area contributed by atoms with Gasteiger partial charge in [-0.2, -0.15) is 0 Å². The molecule has 0 aliphatic rings. The number of rotatable bonds is 4. The number of methoxy groups -OCH3 is 1. The number of alkyl halides is 1. The van der Waals surface area contributed by atoms with E-state index in [0.717, 1.165) is 12.0 Å². The molecule has 0 saturated heterocycles. The van der Waals surface area contributed by atoms with Crippen LogP contribution in [0.15, 0.2) is 18.2 Å². The second-order valence-corrected chi connectivity index (χ2v) is 3.21. The van der Waals surface area contributed by atoms with Crippen molar-refractivity contribution in [2.75, 3.05) is 13.0 Å². The summed E-state index contributed by atoms with van der Waals surface area (Å²) in [5.74, 6) is 0.482. The fourth-order valence-electron chi connectivity index (χ4n) is 1.26. The number of benzene rings is 1. The van der Waals surface area contributed by atoms with Crippen LogP contribution in [0.1, 0.15) is 22.8 Å². The normalized spacial score (nSPS) is 9.93. The highest BCUT2D eigenvalue weighted by molar-refractivity contribution is 6.30. The Hall–Kier alpha value is -1.02. The van der Waals surface area contributed by atoms with Crippen molar-refractivity contribution >= 4 is 17.4 Å². The first-order valence-corrected chi connectivity index (χ1v) is 5.02. The summed E-state index contributed by atoms with van der Waals surface area (Å²) in [5, 5.41) is 0. The van der Waals surface area contributed by atoms with Crippen molar-refractivity contribution in [2.24, 2.45) is 0 Å². The third kappa shape index (κ3) is 2.26. The summed E-state index contributed by atoms with van der Waals surface area (Å²) in [5.41, 5.74) is 1.68. The van der Waals surface area contributed by atoms with Gasteiger partial charge in [0.05, 0.1) is 18.6 Å². The van der Waals surface area contributed by atoms with Gasteiger partial charge in [0, 0.05) is 0 Å². The number of aryl methyl sites for hydroxylation is 1. The molecule has 2 nitrogen and oxygen atoms in total. The van der Waals surface area contributed by atoms with Gasteiger partial charge < -0.3 is 4.74 Å². The molecule has 0 saturated carbocycles. The van der Waals surface area contributed by atoms with Crippen LogP contribution in [0.25, 0.3) is 0 Å². The number of halogens is 1. The van der Waals surface area contributed by atoms with Crippen LogP contribution in [0, 0.1) is 0 Å². The molecule has 0 atom stereocenters. The van der Waals surface area contributed by atoms with Crippen molar-refractivity contribution in [3.05, 3.63) is 29.3 Å².